The van der Waals surface area contributed by atoms with E-state index in [4.69, 9.17) is 0 Å². The molecular formula is C13H17F2NS2. The summed E-state index contributed by atoms with van der Waals surface area (Å²) in [4.78, 5) is 0. The SMILES string of the molecule is CC(NCC1CSCCS1)c1cc(F)cc(F)c1. The predicted molar refractivity (Wildman–Crippen MR) is 76.3 cm³/mol. The van der Waals surface area contributed by atoms with E-state index in [1.165, 1.54) is 23.6 Å². The van der Waals surface area contributed by atoms with E-state index >= 15 is 0 Å². The Balaban J connectivity index is 1.88. The topological polar surface area (TPSA) is 12.0 Å². The van der Waals surface area contributed by atoms with Gasteiger partial charge < -0.3 is 5.32 Å². The van der Waals surface area contributed by atoms with Crippen molar-refractivity contribution in [3.8, 4) is 0 Å². The highest BCUT2D eigenvalue weighted by molar-refractivity contribution is 8.06. The van der Waals surface area contributed by atoms with E-state index in [2.05, 4.69) is 5.32 Å². The second-order valence-corrected chi connectivity index (χ2v) is 6.96. The van der Waals surface area contributed by atoms with Gasteiger partial charge in [-0.25, -0.2) is 8.78 Å². The average molecular weight is 289 g/mol. The molecule has 2 atom stereocenters. The van der Waals surface area contributed by atoms with E-state index in [-0.39, 0.29) is 6.04 Å². The summed E-state index contributed by atoms with van der Waals surface area (Å²) in [5.74, 6) is 2.55. The van der Waals surface area contributed by atoms with Gasteiger partial charge in [0, 0.05) is 41.2 Å². The van der Waals surface area contributed by atoms with Crippen LogP contribution in [0.15, 0.2) is 18.2 Å². The molecule has 100 valence electrons. The highest BCUT2D eigenvalue weighted by Crippen LogP contribution is 2.24. The standard InChI is InChI=1S/C13H17F2NS2/c1-9(10-4-11(14)6-12(15)5-10)16-7-13-8-17-2-3-18-13/h4-6,9,13,16H,2-3,7-8H2,1H3. The maximum absolute atomic E-state index is 13.1. The van der Waals surface area contributed by atoms with E-state index in [9.17, 15) is 8.78 Å². The second kappa shape index (κ2) is 6.78. The number of thioether (sulfide) groups is 2. The summed E-state index contributed by atoms with van der Waals surface area (Å²) in [6.07, 6.45) is 0. The molecule has 2 unspecified atom stereocenters. The molecule has 2 rings (SSSR count). The molecule has 1 nitrogen and oxygen atoms in total. The predicted octanol–water partition coefficient (Wildman–Crippen LogP) is 3.46. The minimum absolute atomic E-state index is 0.0253. The maximum atomic E-state index is 13.1. The number of halogens is 2. The molecule has 0 bridgehead atoms. The number of nitrogens with one attached hydrogen (secondary N) is 1. The fraction of sp³-hybridized carbons (Fsp3) is 0.538. The van der Waals surface area contributed by atoms with Crippen LogP contribution in [0.4, 0.5) is 8.78 Å². The number of hydrogen-bond acceptors (Lipinski definition) is 3. The zero-order valence-electron chi connectivity index (χ0n) is 10.3. The van der Waals surface area contributed by atoms with Gasteiger partial charge in [0.05, 0.1) is 0 Å². The van der Waals surface area contributed by atoms with Crippen molar-refractivity contribution in [2.45, 2.75) is 18.2 Å². The highest BCUT2D eigenvalue weighted by Gasteiger charge is 2.16. The van der Waals surface area contributed by atoms with Gasteiger partial charge in [-0.2, -0.15) is 23.5 Å². The van der Waals surface area contributed by atoms with Gasteiger partial charge in [0.15, 0.2) is 0 Å². The molecule has 1 saturated heterocycles. The second-order valence-electron chi connectivity index (χ2n) is 4.40. The van der Waals surface area contributed by atoms with E-state index in [1.54, 1.807) is 0 Å². The van der Waals surface area contributed by atoms with Crippen LogP contribution in [0.1, 0.15) is 18.5 Å². The Morgan fingerprint density at radius 2 is 2.00 bits per heavy atom. The van der Waals surface area contributed by atoms with Crippen molar-refractivity contribution in [1.29, 1.82) is 0 Å². The average Bonchev–Trinajstić information content (AvgIpc) is 2.36. The number of rotatable bonds is 4. The zero-order valence-corrected chi connectivity index (χ0v) is 11.9. The molecule has 1 N–H and O–H groups in total. The lowest BCUT2D eigenvalue weighted by molar-refractivity contribution is 0.547. The molecule has 1 aliphatic rings. The lowest BCUT2D eigenvalue weighted by Crippen LogP contribution is -2.30. The molecule has 0 radical (unpaired) electrons. The van der Waals surface area contributed by atoms with Gasteiger partial charge in [-0.15, -0.1) is 0 Å². The van der Waals surface area contributed by atoms with Crippen molar-refractivity contribution in [2.75, 3.05) is 23.8 Å². The largest absolute Gasteiger partial charge is 0.309 e. The number of benzene rings is 1. The van der Waals surface area contributed by atoms with Gasteiger partial charge in [-0.05, 0) is 24.6 Å². The highest BCUT2D eigenvalue weighted by atomic mass is 32.2. The van der Waals surface area contributed by atoms with Crippen LogP contribution in [-0.2, 0) is 0 Å². The Kier molecular flexibility index (Phi) is 5.33. The third-order valence-corrected chi connectivity index (χ3v) is 5.77. The first-order valence-corrected chi connectivity index (χ1v) is 8.24. The van der Waals surface area contributed by atoms with E-state index in [1.807, 2.05) is 30.4 Å². The van der Waals surface area contributed by atoms with Crippen LogP contribution in [0.2, 0.25) is 0 Å². The lowest BCUT2D eigenvalue weighted by atomic mass is 10.1. The molecular weight excluding hydrogens is 272 g/mol. The summed E-state index contributed by atoms with van der Waals surface area (Å²) in [6.45, 7) is 2.83. The quantitative estimate of drug-likeness (QED) is 0.911. The Bertz CT molecular complexity index is 374. The van der Waals surface area contributed by atoms with Crippen LogP contribution >= 0.6 is 23.5 Å². The zero-order chi connectivity index (χ0) is 13.0. The summed E-state index contributed by atoms with van der Waals surface area (Å²) in [6, 6.07) is 3.67. The molecule has 18 heavy (non-hydrogen) atoms. The first-order valence-electron chi connectivity index (χ1n) is 6.04. The molecule has 0 amide bonds. The molecule has 0 spiro atoms. The van der Waals surface area contributed by atoms with Crippen molar-refractivity contribution >= 4 is 23.5 Å². The third kappa shape index (κ3) is 4.14. The van der Waals surface area contributed by atoms with Crippen molar-refractivity contribution in [1.82, 2.24) is 5.32 Å². The Labute approximate surface area is 115 Å². The molecule has 1 aliphatic heterocycles. The van der Waals surface area contributed by atoms with Gasteiger partial charge in [-0.3, -0.25) is 0 Å². The summed E-state index contributed by atoms with van der Waals surface area (Å²) < 4.78 is 26.2. The summed E-state index contributed by atoms with van der Waals surface area (Å²) in [5, 5.41) is 3.96. The molecule has 5 heteroatoms. The molecule has 0 saturated carbocycles. The maximum Gasteiger partial charge on any atom is 0.126 e. The van der Waals surface area contributed by atoms with Crippen LogP contribution in [0, 0.1) is 11.6 Å². The Morgan fingerprint density at radius 1 is 1.28 bits per heavy atom. The van der Waals surface area contributed by atoms with Crippen molar-refractivity contribution in [3.63, 3.8) is 0 Å². The van der Waals surface area contributed by atoms with E-state index < -0.39 is 11.6 Å². The number of hydrogen-bond donors (Lipinski definition) is 1. The molecule has 0 aromatic heterocycles. The van der Waals surface area contributed by atoms with Gasteiger partial charge in [-0.1, -0.05) is 0 Å². The van der Waals surface area contributed by atoms with Gasteiger partial charge in [0.25, 0.3) is 0 Å². The third-order valence-electron chi connectivity index (χ3n) is 2.92. The fourth-order valence-corrected chi connectivity index (χ4v) is 4.53. The summed E-state index contributed by atoms with van der Waals surface area (Å²) in [7, 11) is 0. The summed E-state index contributed by atoms with van der Waals surface area (Å²) in [5.41, 5.74) is 0.668. The van der Waals surface area contributed by atoms with Crippen LogP contribution in [0.3, 0.4) is 0 Å². The summed E-state index contributed by atoms with van der Waals surface area (Å²) >= 11 is 3.95. The molecule has 1 fully saturated rings. The fourth-order valence-electron chi connectivity index (χ4n) is 1.91. The minimum atomic E-state index is -0.513. The first kappa shape index (κ1) is 14.2. The van der Waals surface area contributed by atoms with Gasteiger partial charge in [0.1, 0.15) is 11.6 Å². The van der Waals surface area contributed by atoms with Crippen LogP contribution < -0.4 is 5.32 Å². The van der Waals surface area contributed by atoms with Crippen LogP contribution in [-0.4, -0.2) is 29.1 Å². The van der Waals surface area contributed by atoms with Crippen LogP contribution in [0.25, 0.3) is 0 Å². The van der Waals surface area contributed by atoms with Crippen molar-refractivity contribution in [3.05, 3.63) is 35.4 Å². The van der Waals surface area contributed by atoms with Gasteiger partial charge >= 0.3 is 0 Å². The Hall–Kier alpha value is -0.260. The molecule has 1 aromatic carbocycles. The molecule has 1 heterocycles. The van der Waals surface area contributed by atoms with Crippen LogP contribution in [0.5, 0.6) is 0 Å². The van der Waals surface area contributed by atoms with E-state index in [0.717, 1.165) is 18.4 Å². The molecule has 1 aromatic rings. The monoisotopic (exact) mass is 289 g/mol. The van der Waals surface area contributed by atoms with Crippen molar-refractivity contribution < 1.29 is 8.78 Å². The van der Waals surface area contributed by atoms with Crippen molar-refractivity contribution in [2.24, 2.45) is 0 Å². The minimum Gasteiger partial charge on any atom is -0.309 e. The normalized spacial score (nSPS) is 21.8. The van der Waals surface area contributed by atoms with E-state index in [0.29, 0.717) is 10.8 Å². The lowest BCUT2D eigenvalue weighted by Gasteiger charge is -2.23. The smallest absolute Gasteiger partial charge is 0.126 e. The van der Waals surface area contributed by atoms with Gasteiger partial charge in [0.2, 0.25) is 0 Å². The Morgan fingerprint density at radius 3 is 2.61 bits per heavy atom. The molecule has 0 aliphatic carbocycles. The first-order chi connectivity index (χ1) is 8.65.